The molecule has 1 aromatic carbocycles. The maximum atomic E-state index is 12.9. The molecule has 134 valence electrons. The van der Waals surface area contributed by atoms with Crippen LogP contribution in [0.15, 0.2) is 34.9 Å². The quantitative estimate of drug-likeness (QED) is 0.806. The molecular weight excluding hydrogens is 333 g/mol. The van der Waals surface area contributed by atoms with Crippen LogP contribution in [0.4, 0.5) is 13.2 Å². The summed E-state index contributed by atoms with van der Waals surface area (Å²) in [5, 5.41) is 4.05. The van der Waals surface area contributed by atoms with Crippen molar-refractivity contribution in [1.29, 1.82) is 0 Å². The minimum absolute atomic E-state index is 0.0407. The van der Waals surface area contributed by atoms with Crippen LogP contribution < -0.4 is 0 Å². The topological polar surface area (TPSA) is 46.3 Å². The second-order valence-corrected chi connectivity index (χ2v) is 6.20. The highest BCUT2D eigenvalue weighted by atomic mass is 19.4. The van der Waals surface area contributed by atoms with Crippen LogP contribution in [-0.4, -0.2) is 22.5 Å². The number of rotatable bonds is 4. The molecule has 1 aliphatic heterocycles. The van der Waals surface area contributed by atoms with E-state index >= 15 is 0 Å². The SMILES string of the molecule is CCCc1cc([C@@H]2CCCN2C(=O)c2cccc(C(F)(F)F)c2)no1. The summed E-state index contributed by atoms with van der Waals surface area (Å²) in [5.41, 5.74) is -0.110. The Bertz CT molecular complexity index is 755. The Hall–Kier alpha value is -2.31. The number of hydrogen-bond donors (Lipinski definition) is 0. The van der Waals surface area contributed by atoms with Gasteiger partial charge in [-0.05, 0) is 37.5 Å². The molecule has 1 atom stereocenters. The fraction of sp³-hybridized carbons (Fsp3) is 0.444. The van der Waals surface area contributed by atoms with Gasteiger partial charge in [-0.1, -0.05) is 18.1 Å². The van der Waals surface area contributed by atoms with Crippen molar-refractivity contribution in [2.24, 2.45) is 0 Å². The molecule has 1 saturated heterocycles. The standard InChI is InChI=1S/C18H19F3N2O2/c1-2-5-14-11-15(22-25-14)16-8-4-9-23(16)17(24)12-6-3-7-13(10-12)18(19,20)21/h3,6-7,10-11,16H,2,4-5,8-9H2,1H3/t16-/m0/s1. The van der Waals surface area contributed by atoms with Crippen molar-refractivity contribution < 1.29 is 22.5 Å². The highest BCUT2D eigenvalue weighted by Crippen LogP contribution is 2.34. The smallest absolute Gasteiger partial charge is 0.361 e. The van der Waals surface area contributed by atoms with Gasteiger partial charge in [0.1, 0.15) is 11.5 Å². The number of alkyl halides is 3. The van der Waals surface area contributed by atoms with Gasteiger partial charge in [-0.3, -0.25) is 4.79 Å². The van der Waals surface area contributed by atoms with E-state index in [1.54, 1.807) is 4.90 Å². The average Bonchev–Trinajstić information content (AvgIpc) is 3.22. The van der Waals surface area contributed by atoms with Gasteiger partial charge in [-0.25, -0.2) is 0 Å². The summed E-state index contributed by atoms with van der Waals surface area (Å²) < 4.78 is 43.9. The molecule has 2 aromatic rings. The van der Waals surface area contributed by atoms with E-state index in [1.807, 2.05) is 13.0 Å². The Morgan fingerprint density at radius 2 is 2.16 bits per heavy atom. The first kappa shape index (κ1) is 17.5. The van der Waals surface area contributed by atoms with E-state index in [-0.39, 0.29) is 11.6 Å². The number of nitrogens with zero attached hydrogens (tertiary/aromatic N) is 2. The van der Waals surface area contributed by atoms with Crippen molar-refractivity contribution in [2.75, 3.05) is 6.54 Å². The molecule has 0 spiro atoms. The molecule has 0 unspecified atom stereocenters. The number of benzene rings is 1. The summed E-state index contributed by atoms with van der Waals surface area (Å²) in [7, 11) is 0. The van der Waals surface area contributed by atoms with Crippen LogP contribution in [0.1, 0.15) is 59.6 Å². The summed E-state index contributed by atoms with van der Waals surface area (Å²) in [6.45, 7) is 2.52. The predicted octanol–water partition coefficient (Wildman–Crippen LogP) is 4.62. The lowest BCUT2D eigenvalue weighted by atomic mass is 10.1. The molecule has 0 saturated carbocycles. The van der Waals surface area contributed by atoms with Crippen LogP contribution in [0.2, 0.25) is 0 Å². The highest BCUT2D eigenvalue weighted by Gasteiger charge is 2.35. The number of carbonyl (C=O) groups excluding carboxylic acids is 1. The Balaban J connectivity index is 1.83. The number of hydrogen-bond acceptors (Lipinski definition) is 3. The van der Waals surface area contributed by atoms with Gasteiger partial charge in [-0.2, -0.15) is 13.2 Å². The van der Waals surface area contributed by atoms with Crippen LogP contribution in [0, 0.1) is 0 Å². The van der Waals surface area contributed by atoms with E-state index in [0.29, 0.717) is 12.2 Å². The monoisotopic (exact) mass is 352 g/mol. The number of aryl methyl sites for hydroxylation is 1. The largest absolute Gasteiger partial charge is 0.416 e. The molecule has 7 heteroatoms. The zero-order chi connectivity index (χ0) is 18.0. The first-order valence-corrected chi connectivity index (χ1v) is 8.34. The van der Waals surface area contributed by atoms with Crippen LogP contribution in [0.3, 0.4) is 0 Å². The second kappa shape index (κ2) is 6.90. The molecule has 0 radical (unpaired) electrons. The van der Waals surface area contributed by atoms with Gasteiger partial charge in [0.25, 0.3) is 5.91 Å². The van der Waals surface area contributed by atoms with Crippen LogP contribution in [-0.2, 0) is 12.6 Å². The lowest BCUT2D eigenvalue weighted by Crippen LogP contribution is -2.31. The molecule has 25 heavy (non-hydrogen) atoms. The van der Waals surface area contributed by atoms with Gasteiger partial charge in [0.05, 0.1) is 11.6 Å². The molecule has 4 nitrogen and oxygen atoms in total. The molecular formula is C18H19F3N2O2. The third-order valence-electron chi connectivity index (χ3n) is 4.37. The first-order valence-electron chi connectivity index (χ1n) is 8.34. The van der Waals surface area contributed by atoms with Gasteiger partial charge in [0, 0.05) is 24.6 Å². The van der Waals surface area contributed by atoms with E-state index in [4.69, 9.17) is 4.52 Å². The summed E-state index contributed by atoms with van der Waals surface area (Å²) in [6, 6.07) is 6.13. The Morgan fingerprint density at radius 1 is 1.36 bits per heavy atom. The second-order valence-electron chi connectivity index (χ2n) is 6.20. The molecule has 1 amide bonds. The summed E-state index contributed by atoms with van der Waals surface area (Å²) >= 11 is 0. The van der Waals surface area contributed by atoms with Crippen molar-refractivity contribution in [3.8, 4) is 0 Å². The van der Waals surface area contributed by atoms with Crippen molar-refractivity contribution >= 4 is 5.91 Å². The Labute approximate surface area is 143 Å². The lowest BCUT2D eigenvalue weighted by molar-refractivity contribution is -0.137. The number of aromatic nitrogens is 1. The molecule has 0 N–H and O–H groups in total. The summed E-state index contributed by atoms with van der Waals surface area (Å²) in [5.74, 6) is 0.351. The molecule has 1 aliphatic rings. The zero-order valence-corrected chi connectivity index (χ0v) is 13.8. The highest BCUT2D eigenvalue weighted by molar-refractivity contribution is 5.94. The predicted molar refractivity (Wildman–Crippen MR) is 85.0 cm³/mol. The van der Waals surface area contributed by atoms with E-state index in [1.165, 1.54) is 12.1 Å². The van der Waals surface area contributed by atoms with Crippen LogP contribution in [0.25, 0.3) is 0 Å². The first-order chi connectivity index (χ1) is 11.9. The maximum absolute atomic E-state index is 12.9. The number of amides is 1. The average molecular weight is 352 g/mol. The van der Waals surface area contributed by atoms with Crippen molar-refractivity contribution in [3.05, 3.63) is 52.9 Å². The van der Waals surface area contributed by atoms with E-state index in [9.17, 15) is 18.0 Å². The Kier molecular flexibility index (Phi) is 4.83. The Morgan fingerprint density at radius 3 is 2.88 bits per heavy atom. The summed E-state index contributed by atoms with van der Waals surface area (Å²) in [6.07, 6.45) is -1.27. The molecule has 3 rings (SSSR count). The van der Waals surface area contributed by atoms with Gasteiger partial charge in [0.2, 0.25) is 0 Å². The molecule has 2 heterocycles. The van der Waals surface area contributed by atoms with E-state index in [0.717, 1.165) is 43.6 Å². The molecule has 1 aromatic heterocycles. The summed E-state index contributed by atoms with van der Waals surface area (Å²) in [4.78, 5) is 14.3. The van der Waals surface area contributed by atoms with Gasteiger partial charge < -0.3 is 9.42 Å². The van der Waals surface area contributed by atoms with E-state index < -0.39 is 17.6 Å². The fourth-order valence-electron chi connectivity index (χ4n) is 3.16. The fourth-order valence-corrected chi connectivity index (χ4v) is 3.16. The number of halogens is 3. The minimum atomic E-state index is -4.47. The third kappa shape index (κ3) is 3.70. The van der Waals surface area contributed by atoms with Gasteiger partial charge >= 0.3 is 6.18 Å². The van der Waals surface area contributed by atoms with Gasteiger partial charge in [-0.15, -0.1) is 0 Å². The molecule has 1 fully saturated rings. The maximum Gasteiger partial charge on any atom is 0.416 e. The third-order valence-corrected chi connectivity index (χ3v) is 4.37. The van der Waals surface area contributed by atoms with Crippen molar-refractivity contribution in [1.82, 2.24) is 10.1 Å². The van der Waals surface area contributed by atoms with Crippen LogP contribution in [0.5, 0.6) is 0 Å². The normalized spacial score (nSPS) is 17.9. The minimum Gasteiger partial charge on any atom is -0.361 e. The van der Waals surface area contributed by atoms with E-state index in [2.05, 4.69) is 5.16 Å². The van der Waals surface area contributed by atoms with Gasteiger partial charge in [0.15, 0.2) is 0 Å². The van der Waals surface area contributed by atoms with Crippen LogP contribution >= 0.6 is 0 Å². The molecule has 0 bridgehead atoms. The number of carbonyl (C=O) groups is 1. The lowest BCUT2D eigenvalue weighted by Gasteiger charge is -2.23. The molecule has 0 aliphatic carbocycles. The van der Waals surface area contributed by atoms with Crippen molar-refractivity contribution in [3.63, 3.8) is 0 Å². The van der Waals surface area contributed by atoms with Crippen molar-refractivity contribution in [2.45, 2.75) is 44.8 Å². The number of likely N-dealkylation sites (tertiary alicyclic amines) is 1. The zero-order valence-electron chi connectivity index (χ0n) is 13.8.